The largest absolute Gasteiger partial charge is 0.478 e. The number of carbonyl (C=O) groups is 1. The second kappa shape index (κ2) is 5.93. The van der Waals surface area contributed by atoms with E-state index >= 15 is 0 Å². The fourth-order valence-electron chi connectivity index (χ4n) is 1.72. The summed E-state index contributed by atoms with van der Waals surface area (Å²) in [7, 11) is -3.72. The predicted octanol–water partition coefficient (Wildman–Crippen LogP) is 2.41. The van der Waals surface area contributed by atoms with Crippen LogP contribution in [0, 0.1) is 0 Å². The first-order valence-electron chi connectivity index (χ1n) is 6.53. The van der Waals surface area contributed by atoms with E-state index in [2.05, 4.69) is 4.72 Å². The van der Waals surface area contributed by atoms with Gasteiger partial charge in [0.1, 0.15) is 0 Å². The monoisotopic (exact) mass is 299 g/mol. The maximum atomic E-state index is 12.3. The molecule has 1 aromatic rings. The van der Waals surface area contributed by atoms with E-state index in [0.717, 1.165) is 0 Å². The lowest BCUT2D eigenvalue weighted by Crippen LogP contribution is -2.42. The van der Waals surface area contributed by atoms with Gasteiger partial charge >= 0.3 is 5.97 Å². The topological polar surface area (TPSA) is 83.5 Å². The van der Waals surface area contributed by atoms with Gasteiger partial charge in [-0.25, -0.2) is 17.9 Å². The highest BCUT2D eigenvalue weighted by Gasteiger charge is 2.25. The summed E-state index contributed by atoms with van der Waals surface area (Å²) in [6.07, 6.45) is 1.17. The molecule has 0 aliphatic heterocycles. The van der Waals surface area contributed by atoms with Crippen molar-refractivity contribution in [3.8, 4) is 0 Å². The first kappa shape index (κ1) is 16.7. The molecule has 0 aromatic heterocycles. The Bertz CT molecular complexity index is 606. The Hall–Kier alpha value is -1.40. The molecule has 1 aromatic carbocycles. The Kier molecular flexibility index (Phi) is 4.94. The maximum Gasteiger partial charge on any atom is 0.336 e. The summed E-state index contributed by atoms with van der Waals surface area (Å²) < 4.78 is 27.1. The molecular formula is C14H21NO4S. The Morgan fingerprint density at radius 1 is 1.30 bits per heavy atom. The van der Waals surface area contributed by atoms with Gasteiger partial charge in [0.2, 0.25) is 10.0 Å². The van der Waals surface area contributed by atoms with Crippen molar-refractivity contribution in [2.24, 2.45) is 0 Å². The van der Waals surface area contributed by atoms with E-state index in [1.807, 2.05) is 13.8 Å². The lowest BCUT2D eigenvalue weighted by molar-refractivity contribution is 0.0695. The van der Waals surface area contributed by atoms with Crippen LogP contribution in [-0.4, -0.2) is 25.0 Å². The van der Waals surface area contributed by atoms with Crippen LogP contribution in [0.3, 0.4) is 0 Å². The molecule has 112 valence electrons. The fraction of sp³-hybridized carbons (Fsp3) is 0.500. The number of carboxylic acid groups (broad SMARTS) is 1. The predicted molar refractivity (Wildman–Crippen MR) is 77.5 cm³/mol. The number of aryl methyl sites for hydroxylation is 1. The highest BCUT2D eigenvalue weighted by molar-refractivity contribution is 7.89. The van der Waals surface area contributed by atoms with Crippen LogP contribution in [0.1, 0.15) is 50.0 Å². The molecule has 0 spiro atoms. The smallest absolute Gasteiger partial charge is 0.336 e. The number of hydrogen-bond acceptors (Lipinski definition) is 3. The van der Waals surface area contributed by atoms with Crippen molar-refractivity contribution in [1.29, 1.82) is 0 Å². The minimum Gasteiger partial charge on any atom is -0.478 e. The van der Waals surface area contributed by atoms with Gasteiger partial charge in [-0.2, -0.15) is 0 Å². The molecule has 20 heavy (non-hydrogen) atoms. The van der Waals surface area contributed by atoms with E-state index in [-0.39, 0.29) is 10.5 Å². The number of nitrogens with one attached hydrogen (secondary N) is 1. The standard InChI is InChI=1S/C14H21NO4S/c1-5-10-7-8-11(9-12(10)13(16)17)20(18,19)15-14(3,4)6-2/h7-9,15H,5-6H2,1-4H3,(H,16,17). The van der Waals surface area contributed by atoms with Crippen LogP contribution >= 0.6 is 0 Å². The number of benzene rings is 1. The van der Waals surface area contributed by atoms with Crippen molar-refractivity contribution < 1.29 is 18.3 Å². The molecule has 0 atom stereocenters. The van der Waals surface area contributed by atoms with Crippen molar-refractivity contribution >= 4 is 16.0 Å². The van der Waals surface area contributed by atoms with Gasteiger partial charge in [0, 0.05) is 5.54 Å². The molecule has 2 N–H and O–H groups in total. The highest BCUT2D eigenvalue weighted by atomic mass is 32.2. The number of carboxylic acids is 1. The quantitative estimate of drug-likeness (QED) is 0.845. The first-order valence-corrected chi connectivity index (χ1v) is 8.01. The third-order valence-corrected chi connectivity index (χ3v) is 4.99. The zero-order valence-electron chi connectivity index (χ0n) is 12.2. The minimum absolute atomic E-state index is 0.0198. The van der Waals surface area contributed by atoms with Crippen LogP contribution in [0.2, 0.25) is 0 Å². The number of sulfonamides is 1. The average Bonchev–Trinajstić information content (AvgIpc) is 2.36. The fourth-order valence-corrected chi connectivity index (χ4v) is 3.23. The molecule has 6 heteroatoms. The lowest BCUT2D eigenvalue weighted by atomic mass is 10.0. The minimum atomic E-state index is -3.72. The SMILES string of the molecule is CCc1ccc(S(=O)(=O)NC(C)(C)CC)cc1C(=O)O. The number of hydrogen-bond donors (Lipinski definition) is 2. The van der Waals surface area contributed by atoms with Crippen molar-refractivity contribution in [3.05, 3.63) is 29.3 Å². The van der Waals surface area contributed by atoms with E-state index in [9.17, 15) is 13.2 Å². The second-order valence-corrected chi connectivity index (χ2v) is 7.00. The van der Waals surface area contributed by atoms with Gasteiger partial charge in [0.05, 0.1) is 10.5 Å². The Labute approximate surface area is 120 Å². The molecule has 0 amide bonds. The summed E-state index contributed by atoms with van der Waals surface area (Å²) in [5, 5.41) is 9.15. The summed E-state index contributed by atoms with van der Waals surface area (Å²) in [6.45, 7) is 7.27. The molecule has 0 aliphatic rings. The second-order valence-electron chi connectivity index (χ2n) is 5.32. The molecule has 1 rings (SSSR count). The van der Waals surface area contributed by atoms with E-state index in [1.54, 1.807) is 19.9 Å². The van der Waals surface area contributed by atoms with Crippen LogP contribution < -0.4 is 4.72 Å². The number of rotatable bonds is 6. The summed E-state index contributed by atoms with van der Waals surface area (Å²) >= 11 is 0. The van der Waals surface area contributed by atoms with Crippen LogP contribution in [0.25, 0.3) is 0 Å². The molecule has 0 saturated carbocycles. The summed E-state index contributed by atoms with van der Waals surface area (Å²) in [5.41, 5.74) is 0.0712. The van der Waals surface area contributed by atoms with Gasteiger partial charge in [-0.1, -0.05) is 19.9 Å². The van der Waals surface area contributed by atoms with Gasteiger partial charge in [-0.15, -0.1) is 0 Å². The van der Waals surface area contributed by atoms with Gasteiger partial charge in [-0.3, -0.25) is 0 Å². The summed E-state index contributed by atoms with van der Waals surface area (Å²) in [5.74, 6) is -1.12. The molecule has 5 nitrogen and oxygen atoms in total. The first-order chi connectivity index (χ1) is 9.13. The average molecular weight is 299 g/mol. The van der Waals surface area contributed by atoms with Gasteiger partial charge in [0.15, 0.2) is 0 Å². The normalized spacial score (nSPS) is 12.4. The zero-order chi connectivity index (χ0) is 15.6. The molecule has 0 aliphatic carbocycles. The Balaban J connectivity index is 3.27. The van der Waals surface area contributed by atoms with Gasteiger partial charge in [-0.05, 0) is 44.4 Å². The third-order valence-electron chi connectivity index (χ3n) is 3.30. The molecule has 0 fully saturated rings. The van der Waals surface area contributed by atoms with E-state index in [4.69, 9.17) is 5.11 Å². The Morgan fingerprint density at radius 2 is 1.90 bits per heavy atom. The molecule has 0 heterocycles. The number of aromatic carboxylic acids is 1. The maximum absolute atomic E-state index is 12.3. The zero-order valence-corrected chi connectivity index (χ0v) is 13.0. The molecule has 0 saturated heterocycles. The van der Waals surface area contributed by atoms with Crippen LogP contribution in [0.4, 0.5) is 0 Å². The molecule has 0 unspecified atom stereocenters. The molecular weight excluding hydrogens is 278 g/mol. The lowest BCUT2D eigenvalue weighted by Gasteiger charge is -2.24. The summed E-state index contributed by atoms with van der Waals surface area (Å²) in [6, 6.07) is 4.21. The van der Waals surface area contributed by atoms with Crippen molar-refractivity contribution in [3.63, 3.8) is 0 Å². The van der Waals surface area contributed by atoms with Gasteiger partial charge in [0.25, 0.3) is 0 Å². The Morgan fingerprint density at radius 3 is 2.35 bits per heavy atom. The van der Waals surface area contributed by atoms with Crippen molar-refractivity contribution in [2.75, 3.05) is 0 Å². The van der Waals surface area contributed by atoms with E-state index < -0.39 is 21.5 Å². The van der Waals surface area contributed by atoms with Gasteiger partial charge < -0.3 is 5.11 Å². The molecule has 0 bridgehead atoms. The third kappa shape index (κ3) is 3.80. The highest BCUT2D eigenvalue weighted by Crippen LogP contribution is 2.19. The van der Waals surface area contributed by atoms with Crippen molar-refractivity contribution in [1.82, 2.24) is 4.72 Å². The van der Waals surface area contributed by atoms with E-state index in [0.29, 0.717) is 18.4 Å². The summed E-state index contributed by atoms with van der Waals surface area (Å²) in [4.78, 5) is 11.2. The van der Waals surface area contributed by atoms with Crippen LogP contribution in [0.15, 0.2) is 23.1 Å². The van der Waals surface area contributed by atoms with Crippen LogP contribution in [0.5, 0.6) is 0 Å². The van der Waals surface area contributed by atoms with Crippen molar-refractivity contribution in [2.45, 2.75) is 51.0 Å². The molecule has 0 radical (unpaired) electrons. The van der Waals surface area contributed by atoms with Crippen LogP contribution in [-0.2, 0) is 16.4 Å². The van der Waals surface area contributed by atoms with E-state index in [1.165, 1.54) is 12.1 Å².